The standard InChI is InChI=1S/C28H31N5O3/c1-26(2)15-28(26,16-29)18-5-7-19(8-6-18)33-24(34)27(3,4)32(25(33)35)12-17-9-10-30-22(11-17)31-23-20-13-36-14-21(20)23/h5-11,20-21,23H,12-15H2,1-4H3,(H,30,31)/t20-,21+,23?,28?. The summed E-state index contributed by atoms with van der Waals surface area (Å²) in [5.41, 5.74) is 0.783. The number of benzene rings is 1. The van der Waals surface area contributed by atoms with E-state index in [2.05, 4.69) is 30.2 Å². The highest BCUT2D eigenvalue weighted by Crippen LogP contribution is 2.64. The molecule has 1 aromatic carbocycles. The Labute approximate surface area is 211 Å². The van der Waals surface area contributed by atoms with E-state index in [1.807, 2.05) is 24.3 Å². The average molecular weight is 486 g/mol. The second-order valence-corrected chi connectivity index (χ2v) is 11.8. The summed E-state index contributed by atoms with van der Waals surface area (Å²) in [5.74, 6) is 1.63. The van der Waals surface area contributed by atoms with Crippen molar-refractivity contribution < 1.29 is 14.3 Å². The second kappa shape index (κ2) is 7.53. The number of rotatable bonds is 6. The molecule has 2 aliphatic carbocycles. The van der Waals surface area contributed by atoms with E-state index in [1.165, 1.54) is 4.90 Å². The zero-order valence-electron chi connectivity index (χ0n) is 21.1. The summed E-state index contributed by atoms with van der Waals surface area (Å²) in [6, 6.07) is 13.7. The molecule has 8 nitrogen and oxygen atoms in total. The number of amides is 3. The fourth-order valence-electron chi connectivity index (χ4n) is 6.05. The number of urea groups is 1. The first-order valence-corrected chi connectivity index (χ1v) is 12.6. The molecule has 3 amide bonds. The monoisotopic (exact) mass is 485 g/mol. The van der Waals surface area contributed by atoms with Crippen LogP contribution in [0.3, 0.4) is 0 Å². The van der Waals surface area contributed by atoms with Crippen molar-refractivity contribution in [3.63, 3.8) is 0 Å². The summed E-state index contributed by atoms with van der Waals surface area (Å²) in [5, 5.41) is 13.3. The Kier molecular flexibility index (Phi) is 4.81. The van der Waals surface area contributed by atoms with Crippen molar-refractivity contribution >= 4 is 23.4 Å². The molecule has 0 radical (unpaired) electrons. The van der Waals surface area contributed by atoms with E-state index in [-0.39, 0.29) is 17.4 Å². The Bertz CT molecular complexity index is 1290. The smallest absolute Gasteiger partial charge is 0.332 e. The van der Waals surface area contributed by atoms with Crippen LogP contribution < -0.4 is 10.2 Å². The van der Waals surface area contributed by atoms with Crippen molar-refractivity contribution in [3.05, 3.63) is 53.7 Å². The first kappa shape index (κ1) is 23.0. The van der Waals surface area contributed by atoms with Crippen molar-refractivity contribution in [2.45, 2.75) is 57.7 Å². The third-order valence-corrected chi connectivity index (χ3v) is 8.80. The first-order valence-electron chi connectivity index (χ1n) is 12.6. The lowest BCUT2D eigenvalue weighted by molar-refractivity contribution is -0.123. The summed E-state index contributed by atoms with van der Waals surface area (Å²) >= 11 is 0. The van der Waals surface area contributed by atoms with E-state index in [9.17, 15) is 14.9 Å². The number of anilines is 2. The minimum Gasteiger partial charge on any atom is -0.381 e. The Balaban J connectivity index is 1.20. The highest BCUT2D eigenvalue weighted by molar-refractivity contribution is 6.22. The average Bonchev–Trinajstić information content (AvgIpc) is 3.53. The lowest BCUT2D eigenvalue weighted by Crippen LogP contribution is -2.43. The number of ether oxygens (including phenoxy) is 1. The van der Waals surface area contributed by atoms with Crippen LogP contribution in [0.4, 0.5) is 16.3 Å². The van der Waals surface area contributed by atoms with Crippen LogP contribution >= 0.6 is 0 Å². The van der Waals surface area contributed by atoms with Gasteiger partial charge >= 0.3 is 6.03 Å². The molecule has 3 heterocycles. The molecule has 8 heteroatoms. The fraction of sp³-hybridized carbons (Fsp3) is 0.500. The normalized spacial score (nSPS) is 31.2. The van der Waals surface area contributed by atoms with E-state index >= 15 is 0 Å². The summed E-state index contributed by atoms with van der Waals surface area (Å²) in [6.07, 6.45) is 2.54. The van der Waals surface area contributed by atoms with Crippen LogP contribution in [0.5, 0.6) is 0 Å². The van der Waals surface area contributed by atoms with Gasteiger partial charge in [-0.05, 0) is 61.1 Å². The second-order valence-electron chi connectivity index (χ2n) is 11.8. The number of hydrogen-bond acceptors (Lipinski definition) is 6. The first-order chi connectivity index (χ1) is 17.1. The van der Waals surface area contributed by atoms with Crippen molar-refractivity contribution in [2.24, 2.45) is 17.3 Å². The molecule has 4 fully saturated rings. The lowest BCUT2D eigenvalue weighted by Gasteiger charge is -2.27. The number of imide groups is 1. The zero-order chi connectivity index (χ0) is 25.5. The van der Waals surface area contributed by atoms with Crippen molar-refractivity contribution in [1.82, 2.24) is 9.88 Å². The minimum absolute atomic E-state index is 0.0777. The van der Waals surface area contributed by atoms with Gasteiger partial charge in [0.25, 0.3) is 5.91 Å². The number of hydrogen-bond donors (Lipinski definition) is 1. The Morgan fingerprint density at radius 2 is 1.78 bits per heavy atom. The third kappa shape index (κ3) is 3.26. The molecular weight excluding hydrogens is 454 g/mol. The SMILES string of the molecule is CC1(C)C(=O)N(c2ccc(C3(C#N)CC3(C)C)cc2)C(=O)N1Cc1ccnc(NC2[C@H]3COC[C@@H]23)c1. The molecule has 1 aromatic heterocycles. The van der Waals surface area contributed by atoms with Crippen LogP contribution in [0, 0.1) is 28.6 Å². The number of nitriles is 1. The van der Waals surface area contributed by atoms with Gasteiger partial charge in [-0.25, -0.2) is 14.7 Å². The van der Waals surface area contributed by atoms with Gasteiger partial charge in [-0.1, -0.05) is 26.0 Å². The molecule has 2 aliphatic heterocycles. The largest absolute Gasteiger partial charge is 0.381 e. The summed E-state index contributed by atoms with van der Waals surface area (Å²) in [6.45, 7) is 9.64. The maximum absolute atomic E-state index is 13.5. The molecule has 0 bridgehead atoms. The van der Waals surface area contributed by atoms with Gasteiger partial charge in [0.1, 0.15) is 11.4 Å². The zero-order valence-corrected chi connectivity index (χ0v) is 21.1. The van der Waals surface area contributed by atoms with Crippen molar-refractivity contribution in [2.75, 3.05) is 23.4 Å². The molecular formula is C28H31N5O3. The van der Waals surface area contributed by atoms with Gasteiger partial charge in [0, 0.05) is 30.6 Å². The number of nitrogens with zero attached hydrogens (tertiary/aromatic N) is 4. The number of carbonyl (C=O) groups excluding carboxylic acids is 2. The van der Waals surface area contributed by atoms with Crippen LogP contribution in [0.15, 0.2) is 42.6 Å². The topological polar surface area (TPSA) is 98.6 Å². The maximum atomic E-state index is 13.5. The lowest BCUT2D eigenvalue weighted by atomic mass is 9.89. The summed E-state index contributed by atoms with van der Waals surface area (Å²) in [4.78, 5) is 34.2. The molecule has 2 saturated heterocycles. The fourth-order valence-corrected chi connectivity index (χ4v) is 6.05. The number of pyridine rings is 1. The molecule has 6 rings (SSSR count). The van der Waals surface area contributed by atoms with E-state index in [0.29, 0.717) is 30.1 Å². The predicted molar refractivity (Wildman–Crippen MR) is 134 cm³/mol. The van der Waals surface area contributed by atoms with Gasteiger partial charge in [0.15, 0.2) is 0 Å². The van der Waals surface area contributed by atoms with Gasteiger partial charge in [-0.15, -0.1) is 0 Å². The Morgan fingerprint density at radius 1 is 1.11 bits per heavy atom. The maximum Gasteiger partial charge on any atom is 0.332 e. The van der Waals surface area contributed by atoms with Crippen LogP contribution in [0.2, 0.25) is 0 Å². The molecule has 1 N–H and O–H groups in total. The Hall–Kier alpha value is -3.44. The minimum atomic E-state index is -0.996. The summed E-state index contributed by atoms with van der Waals surface area (Å²) in [7, 11) is 0. The van der Waals surface area contributed by atoms with Gasteiger partial charge < -0.3 is 15.0 Å². The highest BCUT2D eigenvalue weighted by Gasteiger charge is 2.63. The molecule has 36 heavy (non-hydrogen) atoms. The van der Waals surface area contributed by atoms with Crippen molar-refractivity contribution in [1.29, 1.82) is 5.26 Å². The molecule has 2 saturated carbocycles. The number of nitrogens with one attached hydrogen (secondary N) is 1. The summed E-state index contributed by atoms with van der Waals surface area (Å²) < 4.78 is 5.46. The Morgan fingerprint density at radius 3 is 2.39 bits per heavy atom. The predicted octanol–water partition coefficient (Wildman–Crippen LogP) is 4.08. The molecule has 2 aromatic rings. The molecule has 2 unspecified atom stereocenters. The van der Waals surface area contributed by atoms with Gasteiger partial charge in [-0.2, -0.15) is 5.26 Å². The van der Waals surface area contributed by atoms with Crippen LogP contribution in [0.1, 0.15) is 45.2 Å². The van der Waals surface area contributed by atoms with Crippen LogP contribution in [0.25, 0.3) is 0 Å². The van der Waals surface area contributed by atoms with Crippen LogP contribution in [-0.4, -0.2) is 46.6 Å². The van der Waals surface area contributed by atoms with E-state index in [0.717, 1.165) is 36.6 Å². The van der Waals surface area contributed by atoms with Gasteiger partial charge in [-0.3, -0.25) is 4.79 Å². The van der Waals surface area contributed by atoms with Gasteiger partial charge in [0.05, 0.1) is 30.4 Å². The molecule has 4 aliphatic rings. The molecule has 186 valence electrons. The van der Waals surface area contributed by atoms with Crippen molar-refractivity contribution in [3.8, 4) is 6.07 Å². The number of carbonyl (C=O) groups is 2. The number of fused-ring (bicyclic) bond motifs is 1. The quantitative estimate of drug-likeness (QED) is 0.619. The van der Waals surface area contributed by atoms with E-state index in [1.54, 1.807) is 37.1 Å². The number of aromatic nitrogens is 1. The highest BCUT2D eigenvalue weighted by atomic mass is 16.5. The van der Waals surface area contributed by atoms with E-state index in [4.69, 9.17) is 4.74 Å². The van der Waals surface area contributed by atoms with Gasteiger partial charge in [0.2, 0.25) is 0 Å². The molecule has 0 spiro atoms. The van der Waals surface area contributed by atoms with E-state index < -0.39 is 11.0 Å². The third-order valence-electron chi connectivity index (χ3n) is 8.80. The molecule has 4 atom stereocenters. The van der Waals surface area contributed by atoms with Crippen LogP contribution in [-0.2, 0) is 21.5 Å².